The van der Waals surface area contributed by atoms with Crippen molar-refractivity contribution in [2.75, 3.05) is 0 Å². The number of hydrogen-bond acceptors (Lipinski definition) is 1. The summed E-state index contributed by atoms with van der Waals surface area (Å²) in [7, 11) is 0. The third-order valence-electron chi connectivity index (χ3n) is 2.36. The molecule has 14 heavy (non-hydrogen) atoms. The molecule has 0 unspecified atom stereocenters. The Labute approximate surface area is 86.1 Å². The van der Waals surface area contributed by atoms with Crippen LogP contribution in [0.4, 0.5) is 0 Å². The van der Waals surface area contributed by atoms with Crippen LogP contribution in [0.25, 0.3) is 0 Å². The van der Waals surface area contributed by atoms with Crippen molar-refractivity contribution >= 4 is 5.78 Å². The van der Waals surface area contributed by atoms with Crippen molar-refractivity contribution in [3.8, 4) is 0 Å². The minimum atomic E-state index is 0.0431. The van der Waals surface area contributed by atoms with E-state index in [1.54, 1.807) is 0 Å². The van der Waals surface area contributed by atoms with Crippen molar-refractivity contribution in [3.05, 3.63) is 35.4 Å². The Balaban J connectivity index is 3.23. The normalized spacial score (nSPS) is 11.4. The molecular weight excluding hydrogens is 172 g/mol. The van der Waals surface area contributed by atoms with E-state index in [0.29, 0.717) is 6.42 Å². The van der Waals surface area contributed by atoms with E-state index in [0.717, 1.165) is 11.1 Å². The van der Waals surface area contributed by atoms with Gasteiger partial charge in [-0.2, -0.15) is 0 Å². The zero-order valence-electron chi connectivity index (χ0n) is 9.42. The molecule has 0 N–H and O–H groups in total. The summed E-state index contributed by atoms with van der Waals surface area (Å²) in [5.74, 6) is 0.232. The minimum absolute atomic E-state index is 0.0431. The Hall–Kier alpha value is -1.11. The van der Waals surface area contributed by atoms with Gasteiger partial charge >= 0.3 is 0 Å². The molecule has 0 bridgehead atoms. The van der Waals surface area contributed by atoms with E-state index in [2.05, 4.69) is 20.8 Å². The maximum absolute atomic E-state index is 11.7. The third kappa shape index (κ3) is 2.22. The molecule has 1 aromatic carbocycles. The molecule has 1 rings (SSSR count). The van der Waals surface area contributed by atoms with Gasteiger partial charge in [0, 0.05) is 12.0 Å². The van der Waals surface area contributed by atoms with Crippen LogP contribution in [0.3, 0.4) is 0 Å². The second-order valence-corrected chi connectivity index (χ2v) is 4.57. The lowest BCUT2D eigenvalue weighted by Gasteiger charge is -2.21. The standard InChI is InChI=1S/C13H18O/c1-5-12(14)10-8-6-7-9-11(10)13(2,3)4/h6-9H,5H2,1-4H3. The van der Waals surface area contributed by atoms with Crippen LogP contribution in [0.15, 0.2) is 24.3 Å². The van der Waals surface area contributed by atoms with Crippen LogP contribution >= 0.6 is 0 Å². The Bertz CT molecular complexity index is 331. The predicted molar refractivity (Wildman–Crippen MR) is 59.8 cm³/mol. The lowest BCUT2D eigenvalue weighted by Crippen LogP contribution is -2.16. The number of carbonyl (C=O) groups excluding carboxylic acids is 1. The first-order chi connectivity index (χ1) is 6.46. The Morgan fingerprint density at radius 3 is 2.29 bits per heavy atom. The summed E-state index contributed by atoms with van der Waals surface area (Å²) in [6.45, 7) is 8.31. The van der Waals surface area contributed by atoms with Crippen molar-refractivity contribution < 1.29 is 4.79 Å². The third-order valence-corrected chi connectivity index (χ3v) is 2.36. The summed E-state index contributed by atoms with van der Waals surface area (Å²) < 4.78 is 0. The van der Waals surface area contributed by atoms with Gasteiger partial charge in [-0.3, -0.25) is 4.79 Å². The number of hydrogen-bond donors (Lipinski definition) is 0. The first kappa shape index (κ1) is 11.0. The molecular formula is C13H18O. The van der Waals surface area contributed by atoms with Crippen LogP contribution < -0.4 is 0 Å². The molecule has 0 fully saturated rings. The lowest BCUT2D eigenvalue weighted by atomic mass is 9.82. The SMILES string of the molecule is CCC(=O)c1ccccc1C(C)(C)C. The van der Waals surface area contributed by atoms with Gasteiger partial charge in [0.15, 0.2) is 5.78 Å². The lowest BCUT2D eigenvalue weighted by molar-refractivity contribution is 0.0986. The number of carbonyl (C=O) groups is 1. The summed E-state index contributed by atoms with van der Waals surface area (Å²) in [6, 6.07) is 7.89. The molecule has 0 spiro atoms. The van der Waals surface area contributed by atoms with E-state index in [-0.39, 0.29) is 11.2 Å². The molecule has 1 nitrogen and oxygen atoms in total. The number of rotatable bonds is 2. The summed E-state index contributed by atoms with van der Waals surface area (Å²) in [5, 5.41) is 0. The van der Waals surface area contributed by atoms with E-state index in [9.17, 15) is 4.79 Å². The number of benzene rings is 1. The van der Waals surface area contributed by atoms with E-state index in [1.165, 1.54) is 0 Å². The largest absolute Gasteiger partial charge is 0.294 e. The molecule has 0 saturated carbocycles. The summed E-state index contributed by atoms with van der Waals surface area (Å²) in [4.78, 5) is 11.7. The van der Waals surface area contributed by atoms with Gasteiger partial charge in [-0.05, 0) is 11.0 Å². The maximum atomic E-state index is 11.7. The Morgan fingerprint density at radius 1 is 1.21 bits per heavy atom. The van der Waals surface area contributed by atoms with E-state index in [1.807, 2.05) is 31.2 Å². The van der Waals surface area contributed by atoms with Crippen LogP contribution in [0, 0.1) is 0 Å². The average molecular weight is 190 g/mol. The van der Waals surface area contributed by atoms with Crippen LogP contribution in [-0.4, -0.2) is 5.78 Å². The molecule has 1 aromatic rings. The summed E-state index contributed by atoms with van der Waals surface area (Å²) in [5.41, 5.74) is 2.07. The number of Topliss-reactive ketones (excluding diaryl/α,β-unsaturated/α-hetero) is 1. The smallest absolute Gasteiger partial charge is 0.162 e. The van der Waals surface area contributed by atoms with E-state index < -0.39 is 0 Å². The molecule has 0 radical (unpaired) electrons. The summed E-state index contributed by atoms with van der Waals surface area (Å²) in [6.07, 6.45) is 0.576. The molecule has 1 heteroatoms. The first-order valence-electron chi connectivity index (χ1n) is 5.09. The Kier molecular flexibility index (Phi) is 3.10. The van der Waals surface area contributed by atoms with Crippen molar-refractivity contribution in [1.82, 2.24) is 0 Å². The highest BCUT2D eigenvalue weighted by molar-refractivity contribution is 5.97. The van der Waals surface area contributed by atoms with Gasteiger partial charge in [0.05, 0.1) is 0 Å². The second kappa shape index (κ2) is 3.95. The van der Waals surface area contributed by atoms with Crippen LogP contribution in [-0.2, 0) is 5.41 Å². The van der Waals surface area contributed by atoms with Crippen molar-refractivity contribution in [1.29, 1.82) is 0 Å². The molecule has 0 aliphatic rings. The van der Waals surface area contributed by atoms with Crippen molar-refractivity contribution in [2.45, 2.75) is 39.5 Å². The van der Waals surface area contributed by atoms with Crippen LogP contribution in [0.5, 0.6) is 0 Å². The molecule has 0 aliphatic carbocycles. The highest BCUT2D eigenvalue weighted by Crippen LogP contribution is 2.26. The van der Waals surface area contributed by atoms with Gasteiger partial charge in [-0.25, -0.2) is 0 Å². The zero-order chi connectivity index (χ0) is 10.8. The molecule has 0 saturated heterocycles. The summed E-state index contributed by atoms with van der Waals surface area (Å²) >= 11 is 0. The maximum Gasteiger partial charge on any atom is 0.162 e. The van der Waals surface area contributed by atoms with Crippen LogP contribution in [0.2, 0.25) is 0 Å². The van der Waals surface area contributed by atoms with Gasteiger partial charge < -0.3 is 0 Å². The topological polar surface area (TPSA) is 17.1 Å². The molecule has 0 aliphatic heterocycles. The highest BCUT2D eigenvalue weighted by Gasteiger charge is 2.19. The second-order valence-electron chi connectivity index (χ2n) is 4.57. The first-order valence-corrected chi connectivity index (χ1v) is 5.09. The zero-order valence-corrected chi connectivity index (χ0v) is 9.42. The fourth-order valence-corrected chi connectivity index (χ4v) is 1.57. The fourth-order valence-electron chi connectivity index (χ4n) is 1.57. The molecule has 0 atom stereocenters. The van der Waals surface area contributed by atoms with Crippen LogP contribution in [0.1, 0.15) is 50.0 Å². The number of ketones is 1. The van der Waals surface area contributed by atoms with Gasteiger partial charge in [0.1, 0.15) is 0 Å². The van der Waals surface area contributed by atoms with Crippen molar-refractivity contribution in [3.63, 3.8) is 0 Å². The molecule has 0 aromatic heterocycles. The predicted octanol–water partition coefficient (Wildman–Crippen LogP) is 3.58. The fraction of sp³-hybridized carbons (Fsp3) is 0.462. The van der Waals surface area contributed by atoms with E-state index >= 15 is 0 Å². The van der Waals surface area contributed by atoms with E-state index in [4.69, 9.17) is 0 Å². The Morgan fingerprint density at radius 2 is 1.79 bits per heavy atom. The highest BCUT2D eigenvalue weighted by atomic mass is 16.1. The van der Waals surface area contributed by atoms with Gasteiger partial charge in [-0.15, -0.1) is 0 Å². The minimum Gasteiger partial charge on any atom is -0.294 e. The molecule has 0 heterocycles. The monoisotopic (exact) mass is 190 g/mol. The molecule has 0 amide bonds. The van der Waals surface area contributed by atoms with Gasteiger partial charge in [0.2, 0.25) is 0 Å². The van der Waals surface area contributed by atoms with Crippen molar-refractivity contribution in [2.24, 2.45) is 0 Å². The van der Waals surface area contributed by atoms with Gasteiger partial charge in [-0.1, -0.05) is 52.0 Å². The average Bonchev–Trinajstić information content (AvgIpc) is 2.15. The quantitative estimate of drug-likeness (QED) is 0.651. The van der Waals surface area contributed by atoms with Gasteiger partial charge in [0.25, 0.3) is 0 Å². The molecule has 76 valence electrons.